The molecule has 0 atom stereocenters. The fraction of sp³-hybridized carbons (Fsp3) is 0.250. The Hall–Kier alpha value is -1.48. The summed E-state index contributed by atoms with van der Waals surface area (Å²) in [5, 5.41) is 12.4. The molecular formula is C12H14ClNO2. The van der Waals surface area contributed by atoms with Gasteiger partial charge in [0.05, 0.1) is 0 Å². The predicted octanol–water partition coefficient (Wildman–Crippen LogP) is 3.09. The summed E-state index contributed by atoms with van der Waals surface area (Å²) in [5.41, 5.74) is 2.32. The van der Waals surface area contributed by atoms with Crippen LogP contribution in [0.5, 0.6) is 0 Å². The lowest BCUT2D eigenvalue weighted by molar-refractivity contribution is -0.132. The van der Waals surface area contributed by atoms with Gasteiger partial charge in [-0.3, -0.25) is 0 Å². The highest BCUT2D eigenvalue weighted by Crippen LogP contribution is 2.19. The molecule has 16 heavy (non-hydrogen) atoms. The maximum Gasteiger partial charge on any atom is 0.331 e. The van der Waals surface area contributed by atoms with Gasteiger partial charge in [0.2, 0.25) is 0 Å². The third kappa shape index (κ3) is 3.59. The summed E-state index contributed by atoms with van der Waals surface area (Å²) in [6, 6.07) is 5.56. The number of nitrogens with one attached hydrogen (secondary N) is 1. The fourth-order valence-corrected chi connectivity index (χ4v) is 1.36. The zero-order chi connectivity index (χ0) is 12.1. The van der Waals surface area contributed by atoms with Crippen LogP contribution in [0.3, 0.4) is 0 Å². The molecule has 0 fully saturated rings. The summed E-state index contributed by atoms with van der Waals surface area (Å²) >= 11 is 5.86. The molecule has 0 bridgehead atoms. The van der Waals surface area contributed by atoms with Gasteiger partial charge in [-0.15, -0.1) is 0 Å². The molecule has 0 heterocycles. The number of carboxylic acids is 1. The minimum atomic E-state index is -0.899. The van der Waals surface area contributed by atoms with Crippen molar-refractivity contribution in [2.24, 2.45) is 0 Å². The van der Waals surface area contributed by atoms with E-state index in [2.05, 4.69) is 5.32 Å². The van der Waals surface area contributed by atoms with Crippen molar-refractivity contribution < 1.29 is 9.90 Å². The third-order valence-electron chi connectivity index (χ3n) is 2.24. The van der Waals surface area contributed by atoms with E-state index < -0.39 is 5.97 Å². The molecule has 86 valence electrons. The first-order valence-corrected chi connectivity index (χ1v) is 5.28. The van der Waals surface area contributed by atoms with Crippen LogP contribution in [0.25, 0.3) is 0 Å². The second kappa shape index (κ2) is 5.56. The largest absolute Gasteiger partial charge is 0.478 e. The van der Waals surface area contributed by atoms with E-state index in [9.17, 15) is 4.79 Å². The van der Waals surface area contributed by atoms with Crippen molar-refractivity contribution in [2.75, 3.05) is 11.9 Å². The van der Waals surface area contributed by atoms with Crippen LogP contribution in [0.1, 0.15) is 12.5 Å². The molecule has 0 aliphatic rings. The fourth-order valence-electron chi connectivity index (χ4n) is 1.19. The van der Waals surface area contributed by atoms with Gasteiger partial charge in [-0.2, -0.15) is 0 Å². The van der Waals surface area contributed by atoms with Crippen LogP contribution in [0.4, 0.5) is 5.69 Å². The molecule has 0 aliphatic heterocycles. The van der Waals surface area contributed by atoms with Gasteiger partial charge in [0.25, 0.3) is 0 Å². The average Bonchev–Trinajstić information content (AvgIpc) is 2.22. The van der Waals surface area contributed by atoms with Gasteiger partial charge in [0.15, 0.2) is 0 Å². The Morgan fingerprint density at radius 1 is 1.56 bits per heavy atom. The predicted molar refractivity (Wildman–Crippen MR) is 66.1 cm³/mol. The molecule has 0 amide bonds. The van der Waals surface area contributed by atoms with E-state index >= 15 is 0 Å². The molecule has 0 aliphatic carbocycles. The van der Waals surface area contributed by atoms with Crippen LogP contribution in [-0.2, 0) is 4.79 Å². The molecule has 1 aromatic rings. The minimum absolute atomic E-state index is 0.326. The molecule has 1 aromatic carbocycles. The highest BCUT2D eigenvalue weighted by Gasteiger charge is 2.00. The molecule has 0 saturated carbocycles. The zero-order valence-corrected chi connectivity index (χ0v) is 10.0. The number of rotatable bonds is 4. The van der Waals surface area contributed by atoms with E-state index in [0.717, 1.165) is 11.3 Å². The summed E-state index contributed by atoms with van der Waals surface area (Å²) in [6.07, 6.45) is 1.63. The number of aryl methyl sites for hydroxylation is 1. The zero-order valence-electron chi connectivity index (χ0n) is 9.25. The monoisotopic (exact) mass is 239 g/mol. The smallest absolute Gasteiger partial charge is 0.331 e. The SMILES string of the molecule is C/C(=C/CNc1cc(Cl)ccc1C)C(=O)O. The average molecular weight is 240 g/mol. The first-order chi connectivity index (χ1) is 7.50. The minimum Gasteiger partial charge on any atom is -0.478 e. The van der Waals surface area contributed by atoms with E-state index in [1.807, 2.05) is 25.1 Å². The van der Waals surface area contributed by atoms with E-state index in [1.54, 1.807) is 13.0 Å². The molecule has 2 N–H and O–H groups in total. The van der Waals surface area contributed by atoms with Crippen LogP contribution in [0, 0.1) is 6.92 Å². The lowest BCUT2D eigenvalue weighted by atomic mass is 10.2. The topological polar surface area (TPSA) is 49.3 Å². The standard InChI is InChI=1S/C12H14ClNO2/c1-8-3-4-10(13)7-11(8)14-6-5-9(2)12(15)16/h3-5,7,14H,6H2,1-2H3,(H,15,16)/b9-5-. The maximum atomic E-state index is 10.5. The van der Waals surface area contributed by atoms with Crippen molar-refractivity contribution in [3.63, 3.8) is 0 Å². The number of carboxylic acid groups (broad SMARTS) is 1. The molecule has 4 heteroatoms. The normalized spacial score (nSPS) is 11.3. The van der Waals surface area contributed by atoms with Crippen LogP contribution in [-0.4, -0.2) is 17.6 Å². The van der Waals surface area contributed by atoms with Crippen LogP contribution >= 0.6 is 11.6 Å². The number of anilines is 1. The van der Waals surface area contributed by atoms with Crippen molar-refractivity contribution >= 4 is 23.3 Å². The quantitative estimate of drug-likeness (QED) is 0.794. The van der Waals surface area contributed by atoms with Crippen molar-refractivity contribution in [1.82, 2.24) is 0 Å². The Kier molecular flexibility index (Phi) is 4.38. The highest BCUT2D eigenvalue weighted by atomic mass is 35.5. The molecular weight excluding hydrogens is 226 g/mol. The van der Waals surface area contributed by atoms with Crippen molar-refractivity contribution in [3.8, 4) is 0 Å². The first-order valence-electron chi connectivity index (χ1n) is 4.91. The van der Waals surface area contributed by atoms with E-state index in [0.29, 0.717) is 17.1 Å². The Balaban J connectivity index is 2.65. The number of hydrogen-bond acceptors (Lipinski definition) is 2. The number of halogens is 1. The number of benzene rings is 1. The summed E-state index contributed by atoms with van der Waals surface area (Å²) in [7, 11) is 0. The lowest BCUT2D eigenvalue weighted by Gasteiger charge is -2.07. The molecule has 3 nitrogen and oxygen atoms in total. The Bertz CT molecular complexity index is 427. The Morgan fingerprint density at radius 3 is 2.88 bits per heavy atom. The van der Waals surface area contributed by atoms with Crippen LogP contribution < -0.4 is 5.32 Å². The first kappa shape index (κ1) is 12.6. The second-order valence-electron chi connectivity index (χ2n) is 3.53. The van der Waals surface area contributed by atoms with Gasteiger partial charge >= 0.3 is 5.97 Å². The molecule has 1 rings (SSSR count). The van der Waals surface area contributed by atoms with Gasteiger partial charge in [0.1, 0.15) is 0 Å². The van der Waals surface area contributed by atoms with Gasteiger partial charge < -0.3 is 10.4 Å². The molecule has 0 spiro atoms. The summed E-state index contributed by atoms with van der Waals surface area (Å²) in [4.78, 5) is 10.5. The Morgan fingerprint density at radius 2 is 2.25 bits per heavy atom. The van der Waals surface area contributed by atoms with E-state index in [1.165, 1.54) is 0 Å². The highest BCUT2D eigenvalue weighted by molar-refractivity contribution is 6.30. The van der Waals surface area contributed by atoms with Gasteiger partial charge in [0, 0.05) is 22.8 Å². The number of carbonyl (C=O) groups is 1. The number of aliphatic carboxylic acids is 1. The molecule has 0 saturated heterocycles. The molecule has 0 aromatic heterocycles. The van der Waals surface area contributed by atoms with E-state index in [-0.39, 0.29) is 0 Å². The molecule has 0 radical (unpaired) electrons. The molecule has 0 unspecified atom stereocenters. The van der Waals surface area contributed by atoms with Crippen molar-refractivity contribution in [1.29, 1.82) is 0 Å². The summed E-state index contributed by atoms with van der Waals surface area (Å²) in [5.74, 6) is -0.899. The van der Waals surface area contributed by atoms with Gasteiger partial charge in [-0.1, -0.05) is 23.7 Å². The van der Waals surface area contributed by atoms with Crippen molar-refractivity contribution in [3.05, 3.63) is 40.4 Å². The van der Waals surface area contributed by atoms with Gasteiger partial charge in [-0.25, -0.2) is 4.79 Å². The second-order valence-corrected chi connectivity index (χ2v) is 3.97. The lowest BCUT2D eigenvalue weighted by Crippen LogP contribution is -2.04. The third-order valence-corrected chi connectivity index (χ3v) is 2.47. The number of hydrogen-bond donors (Lipinski definition) is 2. The van der Waals surface area contributed by atoms with E-state index in [4.69, 9.17) is 16.7 Å². The van der Waals surface area contributed by atoms with Gasteiger partial charge in [-0.05, 0) is 31.5 Å². The maximum absolute atomic E-state index is 10.5. The summed E-state index contributed by atoms with van der Waals surface area (Å²) < 4.78 is 0. The Labute approximate surface area is 99.7 Å². The van der Waals surface area contributed by atoms with Crippen molar-refractivity contribution in [2.45, 2.75) is 13.8 Å². The van der Waals surface area contributed by atoms with Crippen LogP contribution in [0.2, 0.25) is 5.02 Å². The van der Waals surface area contributed by atoms with Crippen LogP contribution in [0.15, 0.2) is 29.8 Å². The summed E-state index contributed by atoms with van der Waals surface area (Å²) in [6.45, 7) is 4.00.